The smallest absolute Gasteiger partial charge is 0.317 e. The van der Waals surface area contributed by atoms with Crippen LogP contribution >= 0.6 is 11.3 Å². The van der Waals surface area contributed by atoms with Gasteiger partial charge in [0.15, 0.2) is 0 Å². The van der Waals surface area contributed by atoms with Crippen molar-refractivity contribution in [2.45, 2.75) is 31.8 Å². The van der Waals surface area contributed by atoms with E-state index in [2.05, 4.69) is 22.0 Å². The van der Waals surface area contributed by atoms with Crippen LogP contribution in [0, 0.1) is 0 Å². The molecule has 0 amide bonds. The number of thiazole rings is 1. The maximum atomic E-state index is 10.9. The van der Waals surface area contributed by atoms with Crippen molar-refractivity contribution in [1.82, 2.24) is 14.8 Å². The van der Waals surface area contributed by atoms with Crippen molar-refractivity contribution >= 4 is 17.3 Å². The molecule has 6 heteroatoms. The summed E-state index contributed by atoms with van der Waals surface area (Å²) >= 11 is 1.76. The fourth-order valence-corrected chi connectivity index (χ4v) is 4.35. The number of likely N-dealkylation sites (tertiary alicyclic amines) is 1. The van der Waals surface area contributed by atoms with Crippen LogP contribution in [0.2, 0.25) is 0 Å². The molecule has 1 aliphatic heterocycles. The Labute approximate surface area is 152 Å². The average Bonchev–Trinajstić information content (AvgIpc) is 2.93. The highest BCUT2D eigenvalue weighted by atomic mass is 32.1. The highest BCUT2D eigenvalue weighted by molar-refractivity contribution is 7.15. The molecule has 0 radical (unpaired) electrons. The Bertz CT molecular complexity index is 689. The van der Waals surface area contributed by atoms with Gasteiger partial charge in [-0.05, 0) is 32.9 Å². The molecule has 1 aliphatic rings. The van der Waals surface area contributed by atoms with Gasteiger partial charge in [0.1, 0.15) is 5.01 Å². The Kier molecular flexibility index (Phi) is 6.18. The van der Waals surface area contributed by atoms with Crippen LogP contribution < -0.4 is 0 Å². The van der Waals surface area contributed by atoms with E-state index in [-0.39, 0.29) is 6.54 Å². The SMILES string of the molecule is CN(CC(=O)O)C1CCCN(Cc2cnc(-c3ccccc3)s2)CC1. The van der Waals surface area contributed by atoms with E-state index in [0.29, 0.717) is 6.04 Å². The van der Waals surface area contributed by atoms with Crippen molar-refractivity contribution in [3.05, 3.63) is 41.4 Å². The minimum Gasteiger partial charge on any atom is -0.480 e. The van der Waals surface area contributed by atoms with Crippen LogP contribution in [0.1, 0.15) is 24.1 Å². The fourth-order valence-electron chi connectivity index (χ4n) is 3.39. The first-order valence-corrected chi connectivity index (χ1v) is 9.58. The van der Waals surface area contributed by atoms with Gasteiger partial charge in [-0.25, -0.2) is 4.98 Å². The summed E-state index contributed by atoms with van der Waals surface area (Å²) in [6.07, 6.45) is 5.19. The fraction of sp³-hybridized carbons (Fsp3) is 0.474. The first-order chi connectivity index (χ1) is 12.1. The van der Waals surface area contributed by atoms with Crippen molar-refractivity contribution < 1.29 is 9.90 Å². The summed E-state index contributed by atoms with van der Waals surface area (Å²) in [7, 11) is 1.92. The number of carboxylic acids is 1. The lowest BCUT2D eigenvalue weighted by molar-refractivity contribution is -0.138. The van der Waals surface area contributed by atoms with E-state index in [1.807, 2.05) is 36.3 Å². The number of hydrogen-bond donors (Lipinski definition) is 1. The zero-order valence-electron chi connectivity index (χ0n) is 14.6. The zero-order valence-corrected chi connectivity index (χ0v) is 15.4. The molecular formula is C19H25N3O2S. The number of likely N-dealkylation sites (N-methyl/N-ethyl adjacent to an activating group) is 1. The molecule has 0 aliphatic carbocycles. The van der Waals surface area contributed by atoms with Gasteiger partial charge in [0, 0.05) is 35.8 Å². The quantitative estimate of drug-likeness (QED) is 0.858. The molecular weight excluding hydrogens is 334 g/mol. The predicted molar refractivity (Wildman–Crippen MR) is 101 cm³/mol. The number of rotatable bonds is 6. The van der Waals surface area contributed by atoms with E-state index in [4.69, 9.17) is 5.11 Å². The molecule has 134 valence electrons. The standard InChI is InChI=1S/C19H25N3O2S/c1-21(14-18(23)24)16-8-5-10-22(11-9-16)13-17-12-20-19(25-17)15-6-3-2-4-7-15/h2-4,6-7,12,16H,5,8-11,13-14H2,1H3,(H,23,24). The summed E-state index contributed by atoms with van der Waals surface area (Å²) in [6.45, 7) is 3.13. The third-order valence-electron chi connectivity index (χ3n) is 4.75. The number of benzene rings is 1. The van der Waals surface area contributed by atoms with Crippen molar-refractivity contribution in [1.29, 1.82) is 0 Å². The molecule has 1 fully saturated rings. The summed E-state index contributed by atoms with van der Waals surface area (Å²) in [6, 6.07) is 10.7. The molecule has 2 aromatic rings. The van der Waals surface area contributed by atoms with Crippen LogP contribution in [-0.2, 0) is 11.3 Å². The molecule has 1 unspecified atom stereocenters. The van der Waals surface area contributed by atoms with Crippen LogP contribution in [0.15, 0.2) is 36.5 Å². The number of carboxylic acid groups (broad SMARTS) is 1. The molecule has 1 aromatic heterocycles. The molecule has 5 nitrogen and oxygen atoms in total. The first-order valence-electron chi connectivity index (χ1n) is 8.76. The van der Waals surface area contributed by atoms with Crippen LogP contribution in [0.25, 0.3) is 10.6 Å². The van der Waals surface area contributed by atoms with Crippen molar-refractivity contribution in [2.24, 2.45) is 0 Å². The molecule has 1 aromatic carbocycles. The van der Waals surface area contributed by atoms with Gasteiger partial charge < -0.3 is 5.11 Å². The Morgan fingerprint density at radius 3 is 2.88 bits per heavy atom. The molecule has 0 bridgehead atoms. The summed E-state index contributed by atoms with van der Waals surface area (Å²) in [5.74, 6) is -0.748. The molecule has 1 atom stereocenters. The molecule has 25 heavy (non-hydrogen) atoms. The van der Waals surface area contributed by atoms with E-state index in [9.17, 15) is 4.79 Å². The second-order valence-corrected chi connectivity index (χ2v) is 7.78. The largest absolute Gasteiger partial charge is 0.480 e. The Morgan fingerprint density at radius 2 is 2.12 bits per heavy atom. The molecule has 1 N–H and O–H groups in total. The van der Waals surface area contributed by atoms with Gasteiger partial charge in [0.2, 0.25) is 0 Å². The van der Waals surface area contributed by atoms with Crippen molar-refractivity contribution in [3.63, 3.8) is 0 Å². The Hall–Kier alpha value is -1.76. The minimum absolute atomic E-state index is 0.125. The van der Waals surface area contributed by atoms with Crippen molar-refractivity contribution in [2.75, 3.05) is 26.7 Å². The van der Waals surface area contributed by atoms with Crippen LogP contribution in [0.3, 0.4) is 0 Å². The molecule has 2 heterocycles. The number of nitrogens with zero attached hydrogens (tertiary/aromatic N) is 3. The lowest BCUT2D eigenvalue weighted by atomic mass is 10.1. The van der Waals surface area contributed by atoms with Gasteiger partial charge in [0.25, 0.3) is 0 Å². The van der Waals surface area contributed by atoms with E-state index >= 15 is 0 Å². The Balaban J connectivity index is 1.55. The first kappa shape index (κ1) is 18.0. The van der Waals surface area contributed by atoms with Crippen molar-refractivity contribution in [3.8, 4) is 10.6 Å². The monoisotopic (exact) mass is 359 g/mol. The molecule has 0 spiro atoms. The molecule has 1 saturated heterocycles. The highest BCUT2D eigenvalue weighted by Crippen LogP contribution is 2.26. The van der Waals surface area contributed by atoms with Gasteiger partial charge >= 0.3 is 5.97 Å². The predicted octanol–water partition coefficient (Wildman–Crippen LogP) is 3.18. The van der Waals surface area contributed by atoms with E-state index in [1.165, 1.54) is 10.4 Å². The van der Waals surface area contributed by atoms with E-state index in [0.717, 1.165) is 43.9 Å². The number of aliphatic carboxylic acids is 1. The molecule has 3 rings (SSSR count). The lowest BCUT2D eigenvalue weighted by Crippen LogP contribution is -2.36. The third-order valence-corrected chi connectivity index (χ3v) is 5.78. The second kappa shape index (κ2) is 8.56. The maximum Gasteiger partial charge on any atom is 0.317 e. The summed E-state index contributed by atoms with van der Waals surface area (Å²) < 4.78 is 0. The van der Waals surface area contributed by atoms with E-state index in [1.54, 1.807) is 11.3 Å². The van der Waals surface area contributed by atoms with Crippen LogP contribution in [0.4, 0.5) is 0 Å². The molecule has 0 saturated carbocycles. The summed E-state index contributed by atoms with van der Waals surface area (Å²) in [5.41, 5.74) is 1.17. The number of aromatic nitrogens is 1. The topological polar surface area (TPSA) is 56.7 Å². The number of hydrogen-bond acceptors (Lipinski definition) is 5. The highest BCUT2D eigenvalue weighted by Gasteiger charge is 2.22. The Morgan fingerprint density at radius 1 is 1.32 bits per heavy atom. The second-order valence-electron chi connectivity index (χ2n) is 6.67. The van der Waals surface area contributed by atoms with Gasteiger partial charge in [-0.2, -0.15) is 0 Å². The number of carbonyl (C=O) groups is 1. The van der Waals surface area contributed by atoms with E-state index < -0.39 is 5.97 Å². The zero-order chi connectivity index (χ0) is 17.6. The summed E-state index contributed by atoms with van der Waals surface area (Å²) in [5, 5.41) is 10.0. The summed E-state index contributed by atoms with van der Waals surface area (Å²) in [4.78, 5) is 21.2. The average molecular weight is 359 g/mol. The lowest BCUT2D eigenvalue weighted by Gasteiger charge is -2.25. The van der Waals surface area contributed by atoms with Gasteiger partial charge in [-0.15, -0.1) is 11.3 Å². The van der Waals surface area contributed by atoms with Crippen LogP contribution in [0.5, 0.6) is 0 Å². The maximum absolute atomic E-state index is 10.9. The van der Waals surface area contributed by atoms with Gasteiger partial charge in [-0.3, -0.25) is 14.6 Å². The van der Waals surface area contributed by atoms with Crippen LogP contribution in [-0.4, -0.2) is 58.6 Å². The minimum atomic E-state index is -0.748. The third kappa shape index (κ3) is 5.11. The van der Waals surface area contributed by atoms with Gasteiger partial charge in [-0.1, -0.05) is 30.3 Å². The normalized spacial score (nSPS) is 19.0. The van der Waals surface area contributed by atoms with Gasteiger partial charge in [0.05, 0.1) is 6.54 Å².